The molecule has 2 aliphatic heterocycles. The first-order valence-electron chi connectivity index (χ1n) is 11.5. The maximum absolute atomic E-state index is 12.8. The second-order valence-electron chi connectivity index (χ2n) is 9.78. The molecular formula is C24H27N7O2S. The Morgan fingerprint density at radius 2 is 2.03 bits per heavy atom. The van der Waals surface area contributed by atoms with Crippen molar-refractivity contribution < 1.29 is 9.53 Å². The van der Waals surface area contributed by atoms with Crippen LogP contribution in [0.1, 0.15) is 51.3 Å². The van der Waals surface area contributed by atoms with Crippen molar-refractivity contribution in [2.24, 2.45) is 0 Å². The van der Waals surface area contributed by atoms with Crippen molar-refractivity contribution >= 4 is 45.1 Å². The minimum absolute atomic E-state index is 0.163. The molecule has 2 bridgehead atoms. The molecule has 5 heterocycles. The molecule has 9 nitrogen and oxygen atoms in total. The van der Waals surface area contributed by atoms with Crippen LogP contribution in [0.15, 0.2) is 30.6 Å². The summed E-state index contributed by atoms with van der Waals surface area (Å²) in [6, 6.07) is 8.40. The van der Waals surface area contributed by atoms with Gasteiger partial charge in [0, 0.05) is 35.8 Å². The molecule has 3 atom stereocenters. The quantitative estimate of drug-likeness (QED) is 0.537. The van der Waals surface area contributed by atoms with Gasteiger partial charge < -0.3 is 20.3 Å². The van der Waals surface area contributed by atoms with Gasteiger partial charge in [0.05, 0.1) is 11.7 Å². The van der Waals surface area contributed by atoms with Gasteiger partial charge in [-0.1, -0.05) is 11.3 Å². The first kappa shape index (κ1) is 22.3. The molecule has 176 valence electrons. The molecule has 2 fully saturated rings. The number of nitrogens with zero attached hydrogens (tertiary/aromatic N) is 5. The normalized spacial score (nSPS) is 21.8. The number of nitrogens with one attached hydrogen (secondary N) is 2. The summed E-state index contributed by atoms with van der Waals surface area (Å²) in [5, 5.41) is 17.4. The average molecular weight is 478 g/mol. The molecule has 2 saturated heterocycles. The highest BCUT2D eigenvalue weighted by molar-refractivity contribution is 7.16. The van der Waals surface area contributed by atoms with E-state index >= 15 is 0 Å². The molecule has 2 N–H and O–H groups in total. The summed E-state index contributed by atoms with van der Waals surface area (Å²) >= 11 is 1.28. The van der Waals surface area contributed by atoms with Gasteiger partial charge in [-0.25, -0.2) is 14.8 Å². The highest BCUT2D eigenvalue weighted by Gasteiger charge is 2.45. The van der Waals surface area contributed by atoms with Crippen molar-refractivity contribution in [3.05, 3.63) is 35.5 Å². The summed E-state index contributed by atoms with van der Waals surface area (Å²) in [6.07, 6.45) is 6.75. The number of fused-ring (bicyclic) bond motifs is 3. The van der Waals surface area contributed by atoms with Crippen LogP contribution in [0.4, 0.5) is 21.6 Å². The predicted octanol–water partition coefficient (Wildman–Crippen LogP) is 5.04. The van der Waals surface area contributed by atoms with Gasteiger partial charge in [0.25, 0.3) is 0 Å². The number of anilines is 3. The number of aromatic nitrogens is 3. The van der Waals surface area contributed by atoms with Crippen LogP contribution < -0.4 is 10.6 Å². The van der Waals surface area contributed by atoms with Crippen LogP contribution in [0, 0.1) is 11.3 Å². The smallest absolute Gasteiger partial charge is 0.410 e. The second-order valence-corrected chi connectivity index (χ2v) is 10.8. The molecule has 5 rings (SSSR count). The number of hydrogen-bond acceptors (Lipinski definition) is 9. The van der Waals surface area contributed by atoms with Crippen molar-refractivity contribution in [2.45, 2.75) is 70.2 Å². The fraction of sp³-hybridized carbons (Fsp3) is 0.458. The zero-order valence-corrected chi connectivity index (χ0v) is 20.2. The molecule has 3 aromatic heterocycles. The van der Waals surface area contributed by atoms with Crippen LogP contribution in [0.3, 0.4) is 0 Å². The molecule has 0 radical (unpaired) electrons. The number of thiazole rings is 1. The Balaban J connectivity index is 1.36. The number of ether oxygens (including phenoxy) is 1. The molecular weight excluding hydrogens is 450 g/mol. The lowest BCUT2D eigenvalue weighted by molar-refractivity contribution is 0.00683. The van der Waals surface area contributed by atoms with E-state index in [1.54, 1.807) is 12.4 Å². The van der Waals surface area contributed by atoms with Crippen molar-refractivity contribution in [1.29, 1.82) is 5.26 Å². The van der Waals surface area contributed by atoms with Crippen molar-refractivity contribution in [3.63, 3.8) is 0 Å². The number of piperidine rings is 1. The van der Waals surface area contributed by atoms with Crippen molar-refractivity contribution in [2.75, 3.05) is 10.6 Å². The molecule has 1 amide bonds. The maximum atomic E-state index is 12.8. The minimum Gasteiger partial charge on any atom is -0.444 e. The fourth-order valence-electron chi connectivity index (χ4n) is 4.84. The largest absolute Gasteiger partial charge is 0.444 e. The molecule has 0 saturated carbocycles. The Hall–Kier alpha value is -3.45. The number of pyridine rings is 2. The van der Waals surface area contributed by atoms with Crippen LogP contribution in [0.5, 0.6) is 0 Å². The lowest BCUT2D eigenvalue weighted by Crippen LogP contribution is -2.51. The van der Waals surface area contributed by atoms with Crippen molar-refractivity contribution in [3.8, 4) is 6.07 Å². The minimum atomic E-state index is -0.500. The third-order valence-electron chi connectivity index (χ3n) is 6.13. The van der Waals surface area contributed by atoms with Gasteiger partial charge in [0.2, 0.25) is 0 Å². The molecule has 0 aromatic carbocycles. The number of carbonyl (C=O) groups excluding carboxylic acids is 1. The summed E-state index contributed by atoms with van der Waals surface area (Å²) in [4.78, 5) is 28.8. The average Bonchev–Trinajstić information content (AvgIpc) is 3.34. The van der Waals surface area contributed by atoms with Crippen LogP contribution in [0.25, 0.3) is 10.9 Å². The number of amides is 1. The van der Waals surface area contributed by atoms with Crippen molar-refractivity contribution in [1.82, 2.24) is 19.9 Å². The SMILES string of the molecule is CC(C)(C)OC(=O)N1[C@@H]2CC[C@H]1CC(Nc1nc(Nc3ncc(C#N)s3)cc3ncccc13)C2. The Labute approximate surface area is 202 Å². The Morgan fingerprint density at radius 3 is 2.71 bits per heavy atom. The highest BCUT2D eigenvalue weighted by Crippen LogP contribution is 2.38. The van der Waals surface area contributed by atoms with Gasteiger partial charge in [-0.2, -0.15) is 5.26 Å². The molecule has 2 aliphatic rings. The lowest BCUT2D eigenvalue weighted by Gasteiger charge is -2.39. The Bertz CT molecular complexity index is 1250. The zero-order chi connectivity index (χ0) is 23.9. The third-order valence-corrected chi connectivity index (χ3v) is 6.95. The fourth-order valence-corrected chi connectivity index (χ4v) is 5.46. The van der Waals surface area contributed by atoms with E-state index in [2.05, 4.69) is 26.7 Å². The van der Waals surface area contributed by atoms with Gasteiger partial charge in [-0.3, -0.25) is 4.98 Å². The maximum Gasteiger partial charge on any atom is 0.410 e. The van der Waals surface area contributed by atoms with Gasteiger partial charge >= 0.3 is 6.09 Å². The van der Waals surface area contributed by atoms with Crippen LogP contribution >= 0.6 is 11.3 Å². The van der Waals surface area contributed by atoms with Gasteiger partial charge in [-0.05, 0) is 58.6 Å². The Morgan fingerprint density at radius 1 is 1.26 bits per heavy atom. The predicted molar refractivity (Wildman–Crippen MR) is 131 cm³/mol. The summed E-state index contributed by atoms with van der Waals surface area (Å²) in [6.45, 7) is 5.71. The second kappa shape index (κ2) is 8.72. The van der Waals surface area contributed by atoms with E-state index in [0.29, 0.717) is 15.8 Å². The standard InChI is InChI=1S/C24H27N7O2S/c1-24(2,3)33-23(32)31-15-6-7-16(31)10-14(9-15)28-21-18-5-4-8-26-19(18)11-20(29-21)30-22-27-13-17(12-25)34-22/h4-5,8,11,13-16H,6-7,9-10H2,1-3H3,(H2,27,28,29,30)/t14?,15-,16+. The molecule has 34 heavy (non-hydrogen) atoms. The first-order valence-corrected chi connectivity index (χ1v) is 12.3. The monoisotopic (exact) mass is 477 g/mol. The highest BCUT2D eigenvalue weighted by atomic mass is 32.1. The van der Waals surface area contributed by atoms with E-state index < -0.39 is 5.60 Å². The molecule has 0 aliphatic carbocycles. The van der Waals surface area contributed by atoms with Gasteiger partial charge in [-0.15, -0.1) is 0 Å². The topological polar surface area (TPSA) is 116 Å². The third kappa shape index (κ3) is 4.61. The van der Waals surface area contributed by atoms with E-state index in [9.17, 15) is 4.79 Å². The van der Waals surface area contributed by atoms with Gasteiger partial charge in [0.1, 0.15) is 28.2 Å². The van der Waals surface area contributed by atoms with E-state index in [0.717, 1.165) is 42.4 Å². The van der Waals surface area contributed by atoms with Crippen LogP contribution in [-0.2, 0) is 4.74 Å². The van der Waals surface area contributed by atoms with E-state index in [-0.39, 0.29) is 24.2 Å². The van der Waals surface area contributed by atoms with Gasteiger partial charge in [0.15, 0.2) is 5.13 Å². The van der Waals surface area contributed by atoms with E-state index in [1.165, 1.54) is 11.3 Å². The molecule has 3 aromatic rings. The van der Waals surface area contributed by atoms with E-state index in [4.69, 9.17) is 15.0 Å². The molecule has 1 unspecified atom stereocenters. The first-order chi connectivity index (χ1) is 16.3. The number of nitriles is 1. The van der Waals surface area contributed by atoms with Crippen LogP contribution in [-0.4, -0.2) is 49.7 Å². The number of rotatable bonds is 4. The molecule has 0 spiro atoms. The Kier molecular flexibility index (Phi) is 5.73. The summed E-state index contributed by atoms with van der Waals surface area (Å²) in [5.74, 6) is 1.36. The summed E-state index contributed by atoms with van der Waals surface area (Å²) in [7, 11) is 0. The summed E-state index contributed by atoms with van der Waals surface area (Å²) in [5.41, 5.74) is 0.314. The summed E-state index contributed by atoms with van der Waals surface area (Å²) < 4.78 is 5.66. The van der Waals surface area contributed by atoms with Crippen LogP contribution in [0.2, 0.25) is 0 Å². The molecule has 10 heteroatoms. The number of hydrogen-bond donors (Lipinski definition) is 2. The lowest BCUT2D eigenvalue weighted by atomic mass is 9.97. The number of carbonyl (C=O) groups is 1. The zero-order valence-electron chi connectivity index (χ0n) is 19.4. The van der Waals surface area contributed by atoms with E-state index in [1.807, 2.05) is 43.9 Å².